The molecule has 4 nitrogen and oxygen atoms in total. The zero-order chi connectivity index (χ0) is 10.8. The highest BCUT2D eigenvalue weighted by molar-refractivity contribution is 5.56. The molecule has 2 atom stereocenters. The monoisotopic (exact) mass is 209 g/mol. The van der Waals surface area contributed by atoms with Crippen molar-refractivity contribution in [1.29, 1.82) is 0 Å². The largest absolute Gasteiger partial charge is 0.394 e. The molecule has 0 bridgehead atoms. The van der Waals surface area contributed by atoms with Crippen LogP contribution in [-0.2, 0) is 6.42 Å². The van der Waals surface area contributed by atoms with E-state index < -0.39 is 18.8 Å². The quantitative estimate of drug-likeness (QED) is 0.567. The molecule has 1 aliphatic heterocycles. The highest BCUT2D eigenvalue weighted by Gasteiger charge is 2.19. The van der Waals surface area contributed by atoms with Gasteiger partial charge in [-0.3, -0.25) is 0 Å². The number of benzene rings is 1. The normalized spacial score (nSPS) is 18.1. The summed E-state index contributed by atoms with van der Waals surface area (Å²) in [6.45, 7) is 0.480. The van der Waals surface area contributed by atoms with E-state index in [-0.39, 0.29) is 0 Å². The Hall–Kier alpha value is -1.10. The van der Waals surface area contributed by atoms with E-state index in [4.69, 9.17) is 5.11 Å². The second-order valence-corrected chi connectivity index (χ2v) is 3.79. The van der Waals surface area contributed by atoms with Crippen molar-refractivity contribution in [1.82, 2.24) is 0 Å². The van der Waals surface area contributed by atoms with Crippen molar-refractivity contribution in [2.75, 3.05) is 18.5 Å². The Bertz CT molecular complexity index is 354. The van der Waals surface area contributed by atoms with E-state index in [1.807, 2.05) is 12.1 Å². The molecule has 2 unspecified atom stereocenters. The minimum absolute atomic E-state index is 0.434. The maximum atomic E-state index is 9.69. The van der Waals surface area contributed by atoms with Crippen molar-refractivity contribution in [2.24, 2.45) is 0 Å². The molecule has 15 heavy (non-hydrogen) atoms. The average Bonchev–Trinajstić information content (AvgIpc) is 2.73. The Morgan fingerprint density at radius 1 is 1.33 bits per heavy atom. The lowest BCUT2D eigenvalue weighted by Crippen LogP contribution is -2.22. The zero-order valence-corrected chi connectivity index (χ0v) is 8.35. The fourth-order valence-electron chi connectivity index (χ4n) is 1.83. The lowest BCUT2D eigenvalue weighted by atomic mass is 10.0. The highest BCUT2D eigenvalue weighted by atomic mass is 16.4. The van der Waals surface area contributed by atoms with Gasteiger partial charge in [0.15, 0.2) is 0 Å². The van der Waals surface area contributed by atoms with Gasteiger partial charge in [0, 0.05) is 12.2 Å². The van der Waals surface area contributed by atoms with Crippen LogP contribution in [0.4, 0.5) is 5.69 Å². The van der Waals surface area contributed by atoms with Crippen molar-refractivity contribution in [3.05, 3.63) is 29.3 Å². The van der Waals surface area contributed by atoms with Gasteiger partial charge in [-0.2, -0.15) is 0 Å². The van der Waals surface area contributed by atoms with Crippen molar-refractivity contribution in [3.63, 3.8) is 0 Å². The van der Waals surface area contributed by atoms with Gasteiger partial charge in [-0.1, -0.05) is 12.1 Å². The molecule has 0 aromatic heterocycles. The molecule has 0 saturated heterocycles. The van der Waals surface area contributed by atoms with Crippen LogP contribution in [0.25, 0.3) is 0 Å². The summed E-state index contributed by atoms with van der Waals surface area (Å²) in [7, 11) is 0. The van der Waals surface area contributed by atoms with Crippen LogP contribution in [0.1, 0.15) is 17.2 Å². The third-order valence-electron chi connectivity index (χ3n) is 2.73. The number of aliphatic hydroxyl groups is 3. The molecule has 0 spiro atoms. The van der Waals surface area contributed by atoms with E-state index in [0.29, 0.717) is 5.56 Å². The van der Waals surface area contributed by atoms with Crippen LogP contribution in [0, 0.1) is 0 Å². The topological polar surface area (TPSA) is 72.7 Å². The smallest absolute Gasteiger partial charge is 0.107 e. The summed E-state index contributed by atoms with van der Waals surface area (Å²) >= 11 is 0. The molecule has 0 aliphatic carbocycles. The minimum Gasteiger partial charge on any atom is -0.394 e. The van der Waals surface area contributed by atoms with E-state index in [1.165, 1.54) is 0 Å². The lowest BCUT2D eigenvalue weighted by molar-refractivity contribution is -0.0152. The fraction of sp³-hybridized carbons (Fsp3) is 0.455. The average molecular weight is 209 g/mol. The Morgan fingerprint density at radius 3 is 2.87 bits per heavy atom. The molecule has 1 aliphatic rings. The van der Waals surface area contributed by atoms with E-state index >= 15 is 0 Å². The summed E-state index contributed by atoms with van der Waals surface area (Å²) in [5.74, 6) is 0. The van der Waals surface area contributed by atoms with Gasteiger partial charge >= 0.3 is 0 Å². The second kappa shape index (κ2) is 4.18. The van der Waals surface area contributed by atoms with Crippen LogP contribution in [0.5, 0.6) is 0 Å². The minimum atomic E-state index is -1.11. The standard InChI is InChI=1S/C11H15NO3/c13-6-10(14)11(15)8-1-2-9-7(5-8)3-4-12-9/h1-2,5,10-15H,3-4,6H2. The molecule has 4 heteroatoms. The predicted molar refractivity (Wildman–Crippen MR) is 56.7 cm³/mol. The molecular weight excluding hydrogens is 194 g/mol. The first-order chi connectivity index (χ1) is 7.22. The van der Waals surface area contributed by atoms with E-state index in [1.54, 1.807) is 6.07 Å². The van der Waals surface area contributed by atoms with Crippen LogP contribution in [-0.4, -0.2) is 34.6 Å². The van der Waals surface area contributed by atoms with Crippen LogP contribution in [0.2, 0.25) is 0 Å². The molecule has 82 valence electrons. The molecule has 1 heterocycles. The SMILES string of the molecule is OCC(O)C(O)c1ccc2c(c1)CCN2. The van der Waals surface area contributed by atoms with Gasteiger partial charge in [-0.15, -0.1) is 0 Å². The van der Waals surface area contributed by atoms with Gasteiger partial charge in [0.25, 0.3) is 0 Å². The lowest BCUT2D eigenvalue weighted by Gasteiger charge is -2.16. The van der Waals surface area contributed by atoms with Crippen molar-refractivity contribution in [3.8, 4) is 0 Å². The second-order valence-electron chi connectivity index (χ2n) is 3.79. The van der Waals surface area contributed by atoms with Crippen LogP contribution in [0.15, 0.2) is 18.2 Å². The Balaban J connectivity index is 2.22. The molecule has 4 N–H and O–H groups in total. The van der Waals surface area contributed by atoms with Crippen LogP contribution >= 0.6 is 0 Å². The van der Waals surface area contributed by atoms with Crippen LogP contribution < -0.4 is 5.32 Å². The van der Waals surface area contributed by atoms with Gasteiger partial charge in [-0.25, -0.2) is 0 Å². The molecule has 0 radical (unpaired) electrons. The van der Waals surface area contributed by atoms with Gasteiger partial charge in [0.05, 0.1) is 6.61 Å². The van der Waals surface area contributed by atoms with Gasteiger partial charge in [-0.05, 0) is 23.6 Å². The Kier molecular flexibility index (Phi) is 2.90. The number of rotatable bonds is 3. The Morgan fingerprint density at radius 2 is 2.13 bits per heavy atom. The summed E-state index contributed by atoms with van der Waals surface area (Å²) in [5, 5.41) is 31.0. The first kappa shape index (κ1) is 10.4. The van der Waals surface area contributed by atoms with Crippen LogP contribution in [0.3, 0.4) is 0 Å². The van der Waals surface area contributed by atoms with Crippen molar-refractivity contribution >= 4 is 5.69 Å². The summed E-state index contributed by atoms with van der Waals surface area (Å²) in [6, 6.07) is 5.53. The summed E-state index contributed by atoms with van der Waals surface area (Å²) in [4.78, 5) is 0. The first-order valence-corrected chi connectivity index (χ1v) is 5.06. The van der Waals surface area contributed by atoms with Gasteiger partial charge in [0.2, 0.25) is 0 Å². The third kappa shape index (κ3) is 1.97. The summed E-state index contributed by atoms with van der Waals surface area (Å²) < 4.78 is 0. The maximum absolute atomic E-state index is 9.69. The van der Waals surface area contributed by atoms with E-state index in [9.17, 15) is 10.2 Å². The highest BCUT2D eigenvalue weighted by Crippen LogP contribution is 2.26. The summed E-state index contributed by atoms with van der Waals surface area (Å²) in [6.07, 6.45) is -1.19. The predicted octanol–water partition coefficient (Wildman–Crippen LogP) is 0.0412. The van der Waals surface area contributed by atoms with Gasteiger partial charge in [0.1, 0.15) is 12.2 Å². The van der Waals surface area contributed by atoms with Gasteiger partial charge < -0.3 is 20.6 Å². The number of nitrogens with one attached hydrogen (secondary N) is 1. The number of hydrogen-bond acceptors (Lipinski definition) is 4. The number of aliphatic hydroxyl groups excluding tert-OH is 3. The fourth-order valence-corrected chi connectivity index (χ4v) is 1.83. The molecule has 0 fully saturated rings. The molecular formula is C11H15NO3. The van der Waals surface area contributed by atoms with E-state index in [2.05, 4.69) is 5.32 Å². The number of hydrogen-bond donors (Lipinski definition) is 4. The van der Waals surface area contributed by atoms with Crippen molar-refractivity contribution < 1.29 is 15.3 Å². The van der Waals surface area contributed by atoms with Crippen molar-refractivity contribution in [2.45, 2.75) is 18.6 Å². The number of fused-ring (bicyclic) bond motifs is 1. The zero-order valence-electron chi connectivity index (χ0n) is 8.35. The molecule has 2 rings (SSSR count). The molecule has 1 aromatic rings. The maximum Gasteiger partial charge on any atom is 0.107 e. The van der Waals surface area contributed by atoms with E-state index in [0.717, 1.165) is 24.2 Å². The Labute approximate surface area is 88.2 Å². The third-order valence-corrected chi connectivity index (χ3v) is 2.73. The molecule has 0 saturated carbocycles. The number of anilines is 1. The molecule has 1 aromatic carbocycles. The molecule has 0 amide bonds. The first-order valence-electron chi connectivity index (χ1n) is 5.06. The summed E-state index contributed by atoms with van der Waals surface area (Å²) in [5.41, 5.74) is 2.89.